The second kappa shape index (κ2) is 4.35. The predicted octanol–water partition coefficient (Wildman–Crippen LogP) is 1.99. The van der Waals surface area contributed by atoms with Crippen LogP contribution in [-0.2, 0) is 6.61 Å². The molecule has 0 bridgehead atoms. The van der Waals surface area contributed by atoms with Gasteiger partial charge in [-0.15, -0.1) is 13.2 Å². The second-order valence-corrected chi connectivity index (χ2v) is 2.77. The van der Waals surface area contributed by atoms with Gasteiger partial charge in [-0.2, -0.15) is 0 Å². The number of aliphatic hydroxyl groups is 1. The Hall–Kier alpha value is -1.83. The lowest BCUT2D eigenvalue weighted by atomic mass is 10.2. The number of ether oxygens (including phenoxy) is 1. The lowest BCUT2D eigenvalue weighted by Gasteiger charge is -2.09. The first kappa shape index (κ1) is 12.2. The number of hydrogen-bond donors (Lipinski definition) is 1. The van der Waals surface area contributed by atoms with Crippen molar-refractivity contribution in [1.29, 1.82) is 0 Å². The van der Waals surface area contributed by atoms with Gasteiger partial charge in [0.2, 0.25) is 5.75 Å². The highest BCUT2D eigenvalue weighted by atomic mass is 19.4. The van der Waals surface area contributed by atoms with Gasteiger partial charge in [0.05, 0.1) is 11.5 Å². The molecule has 0 aliphatic rings. The Morgan fingerprint density at radius 3 is 2.50 bits per heavy atom. The molecule has 1 N–H and O–H groups in total. The van der Waals surface area contributed by atoms with Crippen molar-refractivity contribution in [3.8, 4) is 5.75 Å². The summed E-state index contributed by atoms with van der Waals surface area (Å²) in [4.78, 5) is 9.44. The number of nitro benzene ring substituents is 1. The maximum Gasteiger partial charge on any atom is 0.573 e. The summed E-state index contributed by atoms with van der Waals surface area (Å²) in [5.41, 5.74) is -0.718. The highest BCUT2D eigenvalue weighted by Gasteiger charge is 2.34. The van der Waals surface area contributed by atoms with E-state index in [-0.39, 0.29) is 5.56 Å². The molecule has 0 saturated heterocycles. The fourth-order valence-corrected chi connectivity index (χ4v) is 1.01. The Morgan fingerprint density at radius 2 is 2.06 bits per heavy atom. The number of halogens is 3. The minimum Gasteiger partial charge on any atom is -0.398 e. The molecule has 0 atom stereocenters. The van der Waals surface area contributed by atoms with Crippen molar-refractivity contribution >= 4 is 5.69 Å². The van der Waals surface area contributed by atoms with Gasteiger partial charge in [-0.05, 0) is 11.6 Å². The third-order valence-electron chi connectivity index (χ3n) is 1.63. The van der Waals surface area contributed by atoms with Crippen molar-refractivity contribution in [1.82, 2.24) is 0 Å². The van der Waals surface area contributed by atoms with Gasteiger partial charge in [-0.3, -0.25) is 10.1 Å². The van der Waals surface area contributed by atoms with Gasteiger partial charge in [-0.1, -0.05) is 6.07 Å². The molecule has 0 amide bonds. The first-order chi connectivity index (χ1) is 7.33. The van der Waals surface area contributed by atoms with E-state index in [1.807, 2.05) is 0 Å². The molecule has 0 aromatic heterocycles. The lowest BCUT2D eigenvalue weighted by Crippen LogP contribution is -2.18. The molecule has 1 aromatic carbocycles. The van der Waals surface area contributed by atoms with Crippen molar-refractivity contribution < 1.29 is 27.9 Å². The average Bonchev–Trinajstić information content (AvgIpc) is 2.15. The van der Waals surface area contributed by atoms with Crippen LogP contribution in [0.15, 0.2) is 18.2 Å². The number of nitro groups is 1. The van der Waals surface area contributed by atoms with Crippen molar-refractivity contribution in [3.05, 3.63) is 33.9 Å². The van der Waals surface area contributed by atoms with Crippen LogP contribution in [0.5, 0.6) is 5.75 Å². The largest absolute Gasteiger partial charge is 0.573 e. The molecule has 0 spiro atoms. The molecule has 0 aliphatic carbocycles. The van der Waals surface area contributed by atoms with Crippen LogP contribution in [0, 0.1) is 10.1 Å². The first-order valence-electron chi connectivity index (χ1n) is 3.97. The van der Waals surface area contributed by atoms with Crippen molar-refractivity contribution in [2.24, 2.45) is 0 Å². The van der Waals surface area contributed by atoms with Crippen LogP contribution in [0.2, 0.25) is 0 Å². The zero-order chi connectivity index (χ0) is 12.3. The van der Waals surface area contributed by atoms with Gasteiger partial charge >= 0.3 is 12.0 Å². The van der Waals surface area contributed by atoms with E-state index >= 15 is 0 Å². The number of benzene rings is 1. The van der Waals surface area contributed by atoms with Gasteiger partial charge in [0.15, 0.2) is 0 Å². The quantitative estimate of drug-likeness (QED) is 0.644. The molecular weight excluding hydrogens is 231 g/mol. The average molecular weight is 237 g/mol. The minimum atomic E-state index is -4.99. The monoisotopic (exact) mass is 237 g/mol. The molecule has 16 heavy (non-hydrogen) atoms. The molecule has 0 aliphatic heterocycles. The molecule has 0 radical (unpaired) electrons. The molecule has 0 fully saturated rings. The van der Waals surface area contributed by atoms with Crippen LogP contribution in [0.4, 0.5) is 18.9 Å². The van der Waals surface area contributed by atoms with Gasteiger partial charge in [-0.25, -0.2) is 0 Å². The van der Waals surface area contributed by atoms with Crippen LogP contribution in [-0.4, -0.2) is 16.4 Å². The number of aliphatic hydroxyl groups excluding tert-OH is 1. The van der Waals surface area contributed by atoms with E-state index in [1.165, 1.54) is 0 Å². The zero-order valence-corrected chi connectivity index (χ0v) is 7.69. The van der Waals surface area contributed by atoms with Crippen molar-refractivity contribution in [3.63, 3.8) is 0 Å². The lowest BCUT2D eigenvalue weighted by molar-refractivity contribution is -0.388. The fourth-order valence-electron chi connectivity index (χ4n) is 1.01. The summed E-state index contributed by atoms with van der Waals surface area (Å²) >= 11 is 0. The summed E-state index contributed by atoms with van der Waals surface area (Å²) in [7, 11) is 0. The second-order valence-electron chi connectivity index (χ2n) is 2.77. The highest BCUT2D eigenvalue weighted by Crippen LogP contribution is 2.32. The maximum absolute atomic E-state index is 11.9. The molecule has 5 nitrogen and oxygen atoms in total. The van der Waals surface area contributed by atoms with Crippen LogP contribution in [0.25, 0.3) is 0 Å². The third kappa shape index (κ3) is 3.09. The summed E-state index contributed by atoms with van der Waals surface area (Å²) in [5.74, 6) is -0.908. The zero-order valence-electron chi connectivity index (χ0n) is 7.69. The normalized spacial score (nSPS) is 11.2. The summed E-state index contributed by atoms with van der Waals surface area (Å²) in [5, 5.41) is 19.1. The smallest absolute Gasteiger partial charge is 0.398 e. The maximum atomic E-state index is 11.9. The molecule has 1 aromatic rings. The van der Waals surface area contributed by atoms with Crippen LogP contribution < -0.4 is 4.74 Å². The number of alkyl halides is 3. The Bertz CT molecular complexity index is 405. The number of nitrogens with zero attached hydrogens (tertiary/aromatic N) is 1. The van der Waals surface area contributed by atoms with E-state index in [0.29, 0.717) is 0 Å². The SMILES string of the molecule is O=[N+]([O-])c1cc(CO)ccc1OC(F)(F)F. The van der Waals surface area contributed by atoms with Gasteiger partial charge in [0.25, 0.3) is 0 Å². The topological polar surface area (TPSA) is 72.6 Å². The first-order valence-corrected chi connectivity index (χ1v) is 3.97. The Kier molecular flexibility index (Phi) is 3.33. The molecule has 88 valence electrons. The molecule has 1 rings (SSSR count). The van der Waals surface area contributed by atoms with E-state index in [4.69, 9.17) is 5.11 Å². The fraction of sp³-hybridized carbons (Fsp3) is 0.250. The highest BCUT2D eigenvalue weighted by molar-refractivity contribution is 5.48. The summed E-state index contributed by atoms with van der Waals surface area (Å²) < 4.78 is 39.1. The Labute approximate surface area is 87.2 Å². The van der Waals surface area contributed by atoms with Crippen LogP contribution in [0.1, 0.15) is 5.56 Å². The van der Waals surface area contributed by atoms with Crippen LogP contribution >= 0.6 is 0 Å². The Morgan fingerprint density at radius 1 is 1.44 bits per heavy atom. The summed E-state index contributed by atoms with van der Waals surface area (Å²) in [6, 6.07) is 2.71. The summed E-state index contributed by atoms with van der Waals surface area (Å²) in [6.45, 7) is -0.507. The van der Waals surface area contributed by atoms with Crippen molar-refractivity contribution in [2.45, 2.75) is 13.0 Å². The van der Waals surface area contributed by atoms with Gasteiger partial charge in [0.1, 0.15) is 0 Å². The van der Waals surface area contributed by atoms with Crippen molar-refractivity contribution in [2.75, 3.05) is 0 Å². The van der Waals surface area contributed by atoms with E-state index in [1.54, 1.807) is 0 Å². The minimum absolute atomic E-state index is 0.126. The summed E-state index contributed by atoms with van der Waals surface area (Å²) in [6.07, 6.45) is -4.99. The molecule has 0 saturated carbocycles. The van der Waals surface area contributed by atoms with E-state index in [9.17, 15) is 23.3 Å². The molecule has 8 heteroatoms. The predicted molar refractivity (Wildman–Crippen MR) is 45.7 cm³/mol. The molecule has 0 unspecified atom stereocenters. The van der Waals surface area contributed by atoms with E-state index in [0.717, 1.165) is 18.2 Å². The molecule has 0 heterocycles. The Balaban J connectivity index is 3.13. The number of rotatable bonds is 3. The third-order valence-corrected chi connectivity index (χ3v) is 1.63. The van der Waals surface area contributed by atoms with Gasteiger partial charge < -0.3 is 9.84 Å². The van der Waals surface area contributed by atoms with Crippen LogP contribution in [0.3, 0.4) is 0 Å². The van der Waals surface area contributed by atoms with Gasteiger partial charge in [0, 0.05) is 6.07 Å². The number of hydrogen-bond acceptors (Lipinski definition) is 4. The molecular formula is C8H6F3NO4. The standard InChI is InChI=1S/C8H6F3NO4/c9-8(10,11)16-7-2-1-5(4-13)3-6(7)12(14)15/h1-3,13H,4H2. The van der Waals surface area contributed by atoms with E-state index < -0.39 is 29.3 Å². The van der Waals surface area contributed by atoms with E-state index in [2.05, 4.69) is 4.74 Å².